The first kappa shape index (κ1) is 7.27. The fraction of sp³-hybridized carbons (Fsp3) is 0.600. The first-order chi connectivity index (χ1) is 3.66. The minimum Gasteiger partial charge on any atom is -0.447 e. The molecule has 1 unspecified atom stereocenters. The molecule has 0 aromatic carbocycles. The van der Waals surface area contributed by atoms with Gasteiger partial charge in [-0.2, -0.15) is 0 Å². The van der Waals surface area contributed by atoms with Crippen LogP contribution in [0.1, 0.15) is 6.92 Å². The van der Waals surface area contributed by atoms with Crippen molar-refractivity contribution in [2.45, 2.75) is 13.0 Å². The third kappa shape index (κ3) is 3.46. The summed E-state index contributed by atoms with van der Waals surface area (Å²) in [4.78, 5) is 10.2. The number of ether oxygens (including phenoxy) is 1. The molecule has 0 aromatic heterocycles. The predicted octanol–water partition coefficient (Wildman–Crippen LogP) is 0.565. The second-order valence-electron chi connectivity index (χ2n) is 1.47. The topological polar surface area (TPSA) is 38.3 Å². The normalized spacial score (nSPS) is 9.00. The van der Waals surface area contributed by atoms with E-state index in [0.717, 1.165) is 0 Å². The molecule has 0 aromatic rings. The van der Waals surface area contributed by atoms with Gasteiger partial charge in [0, 0.05) is 7.05 Å². The number of carbonyl (C=O) groups is 1. The lowest BCUT2D eigenvalue weighted by molar-refractivity contribution is 0.128. The fourth-order valence-corrected chi connectivity index (χ4v) is 0.242. The van der Waals surface area contributed by atoms with E-state index in [0.29, 0.717) is 0 Å². The molecule has 1 atom stereocenters. The quantitative estimate of drug-likeness (QED) is 0.543. The van der Waals surface area contributed by atoms with Crippen LogP contribution in [0.2, 0.25) is 0 Å². The van der Waals surface area contributed by atoms with Crippen LogP contribution in [0.4, 0.5) is 4.79 Å². The lowest BCUT2D eigenvalue weighted by atomic mass is 10.5. The Morgan fingerprint density at radius 2 is 2.38 bits per heavy atom. The van der Waals surface area contributed by atoms with Crippen LogP contribution >= 0.6 is 0 Å². The van der Waals surface area contributed by atoms with Crippen molar-refractivity contribution < 1.29 is 9.53 Å². The Morgan fingerprint density at radius 1 is 1.88 bits per heavy atom. The Labute approximate surface area is 49.0 Å². The Kier molecular flexibility index (Phi) is 2.99. The number of hydrogen-bond donors (Lipinski definition) is 1. The van der Waals surface area contributed by atoms with Gasteiger partial charge in [0.15, 0.2) is 0 Å². The smallest absolute Gasteiger partial charge is 0.407 e. The number of nitrogens with one attached hydrogen (secondary N) is 1. The third-order valence-corrected chi connectivity index (χ3v) is 0.512. The Balaban J connectivity index is 3.25. The number of amides is 1. The molecule has 8 heavy (non-hydrogen) atoms. The highest BCUT2D eigenvalue weighted by Gasteiger charge is 1.98. The summed E-state index contributed by atoms with van der Waals surface area (Å²) < 4.78 is 4.54. The van der Waals surface area contributed by atoms with E-state index in [2.05, 4.69) is 17.0 Å². The highest BCUT2D eigenvalue weighted by molar-refractivity contribution is 5.66. The lowest BCUT2D eigenvalue weighted by Crippen LogP contribution is -2.22. The van der Waals surface area contributed by atoms with Crippen LogP contribution in [0.3, 0.4) is 0 Å². The maximum Gasteiger partial charge on any atom is 0.407 e. The number of carbonyl (C=O) groups excluding carboxylic acids is 1. The van der Waals surface area contributed by atoms with Gasteiger partial charge < -0.3 is 10.1 Å². The molecule has 0 saturated heterocycles. The number of alkyl carbamates (subject to hydrolysis) is 1. The zero-order valence-corrected chi connectivity index (χ0v) is 5.10. The van der Waals surface area contributed by atoms with Crippen LogP contribution in [-0.4, -0.2) is 19.2 Å². The Bertz CT molecular complexity index is 80.5. The van der Waals surface area contributed by atoms with Crippen LogP contribution in [0.15, 0.2) is 0 Å². The minimum atomic E-state index is -0.438. The van der Waals surface area contributed by atoms with Gasteiger partial charge in [0.05, 0.1) is 0 Å². The van der Waals surface area contributed by atoms with E-state index >= 15 is 0 Å². The molecular weight excluding hydrogens is 106 g/mol. The molecule has 1 radical (unpaired) electrons. The van der Waals surface area contributed by atoms with E-state index < -0.39 is 6.09 Å². The summed E-state index contributed by atoms with van der Waals surface area (Å²) >= 11 is 0. The maximum atomic E-state index is 10.2. The average molecular weight is 116 g/mol. The van der Waals surface area contributed by atoms with E-state index in [-0.39, 0.29) is 6.10 Å². The van der Waals surface area contributed by atoms with Gasteiger partial charge >= 0.3 is 6.09 Å². The predicted molar refractivity (Wildman–Crippen MR) is 30.4 cm³/mol. The zero-order chi connectivity index (χ0) is 6.57. The largest absolute Gasteiger partial charge is 0.447 e. The SMILES string of the molecule is [CH2]C(C)OC(=O)NC. The number of rotatable bonds is 1. The van der Waals surface area contributed by atoms with Crippen molar-refractivity contribution in [1.29, 1.82) is 0 Å². The first-order valence-electron chi connectivity index (χ1n) is 2.38. The van der Waals surface area contributed by atoms with Crippen LogP contribution in [0.25, 0.3) is 0 Å². The molecule has 0 aliphatic heterocycles. The standard InChI is InChI=1S/C5H10NO2/c1-4(2)8-5(7)6-3/h4H,1H2,2-3H3,(H,6,7). The fourth-order valence-electron chi connectivity index (χ4n) is 0.242. The Hall–Kier alpha value is -0.730. The summed E-state index contributed by atoms with van der Waals surface area (Å²) in [5, 5.41) is 2.30. The van der Waals surface area contributed by atoms with Crippen molar-refractivity contribution in [2.24, 2.45) is 0 Å². The summed E-state index contributed by atoms with van der Waals surface area (Å²) in [6.45, 7) is 5.13. The van der Waals surface area contributed by atoms with Crippen molar-refractivity contribution >= 4 is 6.09 Å². The molecule has 47 valence electrons. The maximum absolute atomic E-state index is 10.2. The molecule has 0 saturated carbocycles. The van der Waals surface area contributed by atoms with Crippen LogP contribution < -0.4 is 5.32 Å². The van der Waals surface area contributed by atoms with Gasteiger partial charge in [0.25, 0.3) is 0 Å². The van der Waals surface area contributed by atoms with Gasteiger partial charge in [-0.1, -0.05) is 0 Å². The summed E-state index contributed by atoms with van der Waals surface area (Å²) in [5.41, 5.74) is 0. The summed E-state index contributed by atoms with van der Waals surface area (Å²) in [5.74, 6) is 0. The van der Waals surface area contributed by atoms with Crippen LogP contribution in [0.5, 0.6) is 0 Å². The molecule has 0 spiro atoms. The zero-order valence-electron chi connectivity index (χ0n) is 5.10. The van der Waals surface area contributed by atoms with Crippen molar-refractivity contribution in [3.63, 3.8) is 0 Å². The molecule has 0 aliphatic carbocycles. The van der Waals surface area contributed by atoms with Gasteiger partial charge in [-0.05, 0) is 13.8 Å². The van der Waals surface area contributed by atoms with Gasteiger partial charge in [-0.15, -0.1) is 0 Å². The second-order valence-corrected chi connectivity index (χ2v) is 1.47. The van der Waals surface area contributed by atoms with Gasteiger partial charge in [0.1, 0.15) is 6.10 Å². The summed E-state index contributed by atoms with van der Waals surface area (Å²) in [7, 11) is 1.50. The molecule has 0 bridgehead atoms. The summed E-state index contributed by atoms with van der Waals surface area (Å²) in [6, 6.07) is 0. The Morgan fingerprint density at radius 3 is 2.50 bits per heavy atom. The average Bonchev–Trinajstić information content (AvgIpc) is 1.65. The molecule has 3 nitrogen and oxygen atoms in total. The molecule has 3 heteroatoms. The van der Waals surface area contributed by atoms with Crippen molar-refractivity contribution in [1.82, 2.24) is 5.32 Å². The van der Waals surface area contributed by atoms with Gasteiger partial charge in [0.2, 0.25) is 0 Å². The minimum absolute atomic E-state index is 0.282. The molecular formula is C5H10NO2. The highest BCUT2D eigenvalue weighted by Crippen LogP contribution is 1.85. The molecule has 0 rings (SSSR count). The highest BCUT2D eigenvalue weighted by atomic mass is 16.6. The van der Waals surface area contributed by atoms with Crippen LogP contribution in [0, 0.1) is 6.92 Å². The van der Waals surface area contributed by atoms with Crippen molar-refractivity contribution in [2.75, 3.05) is 7.05 Å². The first-order valence-corrected chi connectivity index (χ1v) is 2.38. The third-order valence-electron chi connectivity index (χ3n) is 0.512. The second kappa shape index (κ2) is 3.29. The van der Waals surface area contributed by atoms with E-state index in [1.54, 1.807) is 6.92 Å². The monoisotopic (exact) mass is 116 g/mol. The van der Waals surface area contributed by atoms with Gasteiger partial charge in [-0.3, -0.25) is 0 Å². The van der Waals surface area contributed by atoms with E-state index in [1.807, 2.05) is 0 Å². The molecule has 0 fully saturated rings. The molecule has 0 heterocycles. The molecule has 1 N–H and O–H groups in total. The van der Waals surface area contributed by atoms with Crippen molar-refractivity contribution in [3.8, 4) is 0 Å². The van der Waals surface area contributed by atoms with Gasteiger partial charge in [-0.25, -0.2) is 4.79 Å². The van der Waals surface area contributed by atoms with Crippen LogP contribution in [-0.2, 0) is 4.74 Å². The lowest BCUT2D eigenvalue weighted by Gasteiger charge is -2.04. The summed E-state index contributed by atoms with van der Waals surface area (Å²) in [6.07, 6.45) is -0.720. The molecule has 0 aliphatic rings. The van der Waals surface area contributed by atoms with Crippen molar-refractivity contribution in [3.05, 3.63) is 6.92 Å². The van der Waals surface area contributed by atoms with E-state index in [4.69, 9.17) is 0 Å². The molecule has 1 amide bonds. The van der Waals surface area contributed by atoms with E-state index in [1.165, 1.54) is 7.05 Å². The van der Waals surface area contributed by atoms with E-state index in [9.17, 15) is 4.79 Å². The number of hydrogen-bond acceptors (Lipinski definition) is 2.